The molecule has 0 bridgehead atoms. The summed E-state index contributed by atoms with van der Waals surface area (Å²) in [4.78, 5) is 35.5. The Kier molecular flexibility index (Phi) is 13.1. The molecule has 6 rings (SSSR count). The van der Waals surface area contributed by atoms with Crippen LogP contribution in [0, 0.1) is 17.8 Å². The summed E-state index contributed by atoms with van der Waals surface area (Å²) in [6.45, 7) is 2.15. The number of aliphatic hydroxyl groups is 1. The topological polar surface area (TPSA) is 134 Å². The molecule has 4 aromatic rings. The minimum atomic E-state index is -1.19. The summed E-state index contributed by atoms with van der Waals surface area (Å²) in [7, 11) is 3.11. The lowest BCUT2D eigenvalue weighted by atomic mass is 9.71. The van der Waals surface area contributed by atoms with E-state index in [0.29, 0.717) is 34.1 Å². The van der Waals surface area contributed by atoms with Gasteiger partial charge in [0.1, 0.15) is 17.7 Å². The van der Waals surface area contributed by atoms with Crippen molar-refractivity contribution in [2.45, 2.75) is 77.5 Å². The van der Waals surface area contributed by atoms with Crippen LogP contribution in [0.15, 0.2) is 85.2 Å². The summed E-state index contributed by atoms with van der Waals surface area (Å²) in [6.07, 6.45) is 15.5. The van der Waals surface area contributed by atoms with E-state index in [0.717, 1.165) is 47.3 Å². The zero-order chi connectivity index (χ0) is 38.0. The number of carboxylic acids is 1. The normalized spacial score (nSPS) is 19.1. The summed E-state index contributed by atoms with van der Waals surface area (Å²) in [5, 5.41) is 23.8. The number of hydrogen-bond acceptors (Lipinski definition) is 8. The van der Waals surface area contributed by atoms with Gasteiger partial charge in [-0.2, -0.15) is 0 Å². The van der Waals surface area contributed by atoms with Gasteiger partial charge in [-0.1, -0.05) is 68.7 Å². The van der Waals surface area contributed by atoms with Gasteiger partial charge in [0.25, 0.3) is 0 Å². The number of carbonyl (C=O) groups excluding carboxylic acids is 1. The molecule has 10 heteroatoms. The number of methoxy groups -OCH3 is 2. The second-order valence-electron chi connectivity index (χ2n) is 14.6. The fourth-order valence-electron chi connectivity index (χ4n) is 8.00. The van der Waals surface area contributed by atoms with Crippen LogP contribution in [0.3, 0.4) is 0 Å². The molecule has 2 aliphatic carbocycles. The molecule has 0 saturated heterocycles. The number of hydrogen-bond donors (Lipinski definition) is 3. The van der Waals surface area contributed by atoms with E-state index in [9.17, 15) is 19.8 Å². The summed E-state index contributed by atoms with van der Waals surface area (Å²) < 4.78 is 10.7. The quantitative estimate of drug-likeness (QED) is 0.103. The molecule has 1 amide bonds. The monoisotopic (exact) mass is 732 g/mol. The van der Waals surface area contributed by atoms with Crippen LogP contribution >= 0.6 is 0 Å². The Labute approximate surface area is 318 Å². The van der Waals surface area contributed by atoms with E-state index >= 15 is 0 Å². The van der Waals surface area contributed by atoms with Gasteiger partial charge in [0, 0.05) is 41.3 Å². The first kappa shape index (κ1) is 38.7. The standard InChI is InChI=1S/C44H52N4O6/c1-4-29-5-9-31(10-6-29)32-13-15-33(16-14-32)37-25-45-43(46-26-37)34-11-7-30(8-12-34)27-48(28-42(50)51)44(52)35-17-19-38(20-18-35)47-41(49)24-36-23-39(53-2)21-22-40(36)54-3/h7-8,11-12,15,17-23,25-26,29,31-32,44,52H,4-6,9-10,13-14,16,24,27-28H2,1-3H3,(H,47,49)(H,50,51). The Bertz CT molecular complexity index is 1890. The number of nitrogens with one attached hydrogen (secondary N) is 1. The lowest BCUT2D eigenvalue weighted by Gasteiger charge is -2.35. The van der Waals surface area contributed by atoms with Crippen LogP contribution < -0.4 is 14.8 Å². The molecule has 0 spiro atoms. The number of nitrogens with zero attached hydrogens (tertiary/aromatic N) is 3. The van der Waals surface area contributed by atoms with E-state index in [1.807, 2.05) is 36.7 Å². The number of benzene rings is 3. The SMILES string of the molecule is CCC1CCC(C2CC=C(c3cnc(-c4ccc(CN(CC(=O)O)C(O)c5ccc(NC(=O)Cc6cc(OC)ccc6OC)cc5)cc4)nc3)CC2)CC1. The number of allylic oxidation sites excluding steroid dienone is 2. The average Bonchev–Trinajstić information content (AvgIpc) is 3.21. The highest BCUT2D eigenvalue weighted by atomic mass is 16.5. The minimum absolute atomic E-state index is 0.0753. The number of aliphatic carboxylic acids is 1. The van der Waals surface area contributed by atoms with Crippen LogP contribution in [0.2, 0.25) is 0 Å². The molecule has 10 nitrogen and oxygen atoms in total. The van der Waals surface area contributed by atoms with Gasteiger partial charge >= 0.3 is 5.97 Å². The molecule has 0 aliphatic heterocycles. The van der Waals surface area contributed by atoms with Crippen LogP contribution in [0.4, 0.5) is 5.69 Å². The van der Waals surface area contributed by atoms with Crippen molar-refractivity contribution in [3.8, 4) is 22.9 Å². The van der Waals surface area contributed by atoms with Crippen LogP contribution in [0.25, 0.3) is 17.0 Å². The zero-order valence-electron chi connectivity index (χ0n) is 31.5. The van der Waals surface area contributed by atoms with Gasteiger partial charge < -0.3 is 25.0 Å². The molecule has 284 valence electrons. The highest BCUT2D eigenvalue weighted by Crippen LogP contribution is 2.41. The van der Waals surface area contributed by atoms with Gasteiger partial charge in [-0.05, 0) is 96.9 Å². The van der Waals surface area contributed by atoms with E-state index < -0.39 is 12.2 Å². The van der Waals surface area contributed by atoms with Gasteiger partial charge in [0.15, 0.2) is 5.82 Å². The van der Waals surface area contributed by atoms with Crippen molar-refractivity contribution >= 4 is 23.1 Å². The number of rotatable bonds is 15. The van der Waals surface area contributed by atoms with E-state index in [1.165, 1.54) is 49.0 Å². The first-order valence-electron chi connectivity index (χ1n) is 19.1. The van der Waals surface area contributed by atoms with Gasteiger partial charge in [-0.15, -0.1) is 0 Å². The van der Waals surface area contributed by atoms with Crippen molar-refractivity contribution in [3.05, 3.63) is 107 Å². The Balaban J connectivity index is 1.04. The largest absolute Gasteiger partial charge is 0.497 e. The van der Waals surface area contributed by atoms with Gasteiger partial charge in [-0.25, -0.2) is 9.97 Å². The van der Waals surface area contributed by atoms with E-state index in [1.54, 1.807) is 56.7 Å². The fourth-order valence-corrected chi connectivity index (χ4v) is 8.00. The van der Waals surface area contributed by atoms with Crippen molar-refractivity contribution in [2.75, 3.05) is 26.1 Å². The zero-order valence-corrected chi connectivity index (χ0v) is 31.5. The molecule has 2 unspecified atom stereocenters. The average molecular weight is 733 g/mol. The molecule has 2 atom stereocenters. The summed E-state index contributed by atoms with van der Waals surface area (Å²) in [5.74, 6) is 3.15. The lowest BCUT2D eigenvalue weighted by molar-refractivity contribution is -0.142. The van der Waals surface area contributed by atoms with Crippen molar-refractivity contribution in [2.24, 2.45) is 17.8 Å². The second-order valence-corrected chi connectivity index (χ2v) is 14.6. The van der Waals surface area contributed by atoms with Gasteiger partial charge in [0.2, 0.25) is 5.91 Å². The van der Waals surface area contributed by atoms with E-state index in [4.69, 9.17) is 19.4 Å². The van der Waals surface area contributed by atoms with Crippen molar-refractivity contribution in [1.29, 1.82) is 0 Å². The molecule has 0 radical (unpaired) electrons. The number of anilines is 1. The molecular weight excluding hydrogens is 681 g/mol. The van der Waals surface area contributed by atoms with Crippen molar-refractivity contribution in [3.63, 3.8) is 0 Å². The predicted octanol–water partition coefficient (Wildman–Crippen LogP) is 8.32. The minimum Gasteiger partial charge on any atom is -0.497 e. The smallest absolute Gasteiger partial charge is 0.317 e. The molecule has 54 heavy (non-hydrogen) atoms. The number of aromatic nitrogens is 2. The summed E-state index contributed by atoms with van der Waals surface area (Å²) >= 11 is 0. The van der Waals surface area contributed by atoms with Crippen molar-refractivity contribution < 1.29 is 29.3 Å². The molecule has 2 aliphatic rings. The van der Waals surface area contributed by atoms with E-state index in [2.05, 4.69) is 18.3 Å². The maximum Gasteiger partial charge on any atom is 0.317 e. The molecule has 3 N–H and O–H groups in total. The highest BCUT2D eigenvalue weighted by Gasteiger charge is 2.28. The fraction of sp³-hybridized carbons (Fsp3) is 0.409. The highest BCUT2D eigenvalue weighted by molar-refractivity contribution is 5.92. The van der Waals surface area contributed by atoms with Gasteiger partial charge in [0.05, 0.1) is 27.2 Å². The number of carbonyl (C=O) groups is 2. The Hall–Kier alpha value is -5.06. The third kappa shape index (κ3) is 9.92. The maximum atomic E-state index is 12.8. The van der Waals surface area contributed by atoms with Crippen LogP contribution in [-0.2, 0) is 22.6 Å². The Morgan fingerprint density at radius 1 is 0.889 bits per heavy atom. The first-order valence-corrected chi connectivity index (χ1v) is 19.1. The molecule has 1 heterocycles. The Morgan fingerprint density at radius 2 is 1.61 bits per heavy atom. The molecular formula is C44H52N4O6. The van der Waals surface area contributed by atoms with Crippen LogP contribution in [0.1, 0.15) is 86.8 Å². The number of aliphatic hydroxyl groups excluding tert-OH is 1. The summed E-state index contributed by atoms with van der Waals surface area (Å²) in [6, 6.07) is 19.6. The van der Waals surface area contributed by atoms with E-state index in [-0.39, 0.29) is 25.4 Å². The molecule has 3 aromatic carbocycles. The van der Waals surface area contributed by atoms with Gasteiger partial charge in [-0.3, -0.25) is 14.5 Å². The first-order chi connectivity index (χ1) is 26.2. The summed E-state index contributed by atoms with van der Waals surface area (Å²) in [5.41, 5.74) is 5.84. The maximum absolute atomic E-state index is 12.8. The third-order valence-electron chi connectivity index (χ3n) is 11.2. The Morgan fingerprint density at radius 3 is 2.22 bits per heavy atom. The third-order valence-corrected chi connectivity index (χ3v) is 11.2. The molecule has 1 saturated carbocycles. The van der Waals surface area contributed by atoms with Crippen LogP contribution in [-0.4, -0.2) is 57.7 Å². The molecule has 1 fully saturated rings. The number of amides is 1. The van der Waals surface area contributed by atoms with Crippen molar-refractivity contribution in [1.82, 2.24) is 14.9 Å². The van der Waals surface area contributed by atoms with Crippen LogP contribution in [0.5, 0.6) is 11.5 Å². The predicted molar refractivity (Wildman–Crippen MR) is 210 cm³/mol. The molecule has 1 aromatic heterocycles. The number of ether oxygens (including phenoxy) is 2. The number of carboxylic acid groups (broad SMARTS) is 1. The lowest BCUT2D eigenvalue weighted by Crippen LogP contribution is -2.33. The second kappa shape index (κ2) is 18.3.